The molecular weight excluding hydrogens is 563 g/mol. The molecule has 1 aliphatic rings. The predicted molar refractivity (Wildman–Crippen MR) is 153 cm³/mol. The van der Waals surface area contributed by atoms with E-state index in [1.165, 1.54) is 53.8 Å². The molecule has 1 aliphatic heterocycles. The highest BCUT2D eigenvalue weighted by Gasteiger charge is 2.31. The van der Waals surface area contributed by atoms with Gasteiger partial charge >= 0.3 is 5.97 Å². The van der Waals surface area contributed by atoms with Gasteiger partial charge in [-0.3, -0.25) is 10.1 Å². The molecule has 0 saturated heterocycles. The molecule has 2 unspecified atom stereocenters. The van der Waals surface area contributed by atoms with Crippen molar-refractivity contribution in [1.29, 1.82) is 0 Å². The third kappa shape index (κ3) is 5.39. The van der Waals surface area contributed by atoms with Gasteiger partial charge in [-0.15, -0.1) is 11.3 Å². The van der Waals surface area contributed by atoms with E-state index in [1.54, 1.807) is 36.4 Å². The van der Waals surface area contributed by atoms with Crippen LogP contribution < -0.4 is 9.47 Å². The van der Waals surface area contributed by atoms with Crippen molar-refractivity contribution in [3.63, 3.8) is 0 Å². The number of carboxylic acid groups (broad SMARTS) is 1. The number of halogens is 1. The Kier molecular flexibility index (Phi) is 7.27. The van der Waals surface area contributed by atoms with Crippen LogP contribution in [0.25, 0.3) is 21.3 Å². The fourth-order valence-corrected chi connectivity index (χ4v) is 6.03. The molecule has 2 heterocycles. The maximum Gasteiger partial charge on any atom is 0.336 e. The van der Waals surface area contributed by atoms with Crippen molar-refractivity contribution in [1.82, 2.24) is 4.98 Å². The second-order valence-electron chi connectivity index (χ2n) is 9.88. The zero-order valence-corrected chi connectivity index (χ0v) is 22.7. The molecule has 0 spiro atoms. The molecule has 1 aromatic heterocycles. The van der Waals surface area contributed by atoms with E-state index in [2.05, 4.69) is 4.98 Å². The number of nitrogens with zero attached hydrogens (tertiary/aromatic N) is 2. The molecule has 0 radical (unpaired) electrons. The minimum atomic E-state index is -1.13. The number of carbonyl (C=O) groups is 1. The predicted octanol–water partition coefficient (Wildman–Crippen LogP) is 6.57. The summed E-state index contributed by atoms with van der Waals surface area (Å²) in [6, 6.07) is 20.2. The summed E-state index contributed by atoms with van der Waals surface area (Å²) in [6.45, 7) is 0.369. The molecule has 5 aromatic rings. The van der Waals surface area contributed by atoms with Crippen LogP contribution in [0.5, 0.6) is 11.5 Å². The Morgan fingerprint density at radius 3 is 2.69 bits per heavy atom. The molecule has 11 heteroatoms. The number of thiazole rings is 1. The lowest BCUT2D eigenvalue weighted by atomic mass is 9.84. The van der Waals surface area contributed by atoms with Gasteiger partial charge in [0.15, 0.2) is 0 Å². The highest BCUT2D eigenvalue weighted by atomic mass is 32.1. The van der Waals surface area contributed by atoms with Crippen molar-refractivity contribution in [2.75, 3.05) is 6.61 Å². The Bertz CT molecular complexity index is 1820. The molecule has 0 aliphatic carbocycles. The minimum Gasteiger partial charge on any atom is -0.493 e. The summed E-state index contributed by atoms with van der Waals surface area (Å²) >= 11 is 1.41. The maximum absolute atomic E-state index is 13.5. The third-order valence-corrected chi connectivity index (χ3v) is 8.20. The molecule has 4 aromatic carbocycles. The lowest BCUT2D eigenvalue weighted by Gasteiger charge is -2.31. The molecule has 0 bridgehead atoms. The van der Waals surface area contributed by atoms with E-state index in [0.717, 1.165) is 4.70 Å². The van der Waals surface area contributed by atoms with Crippen LogP contribution in [0.2, 0.25) is 0 Å². The molecule has 42 heavy (non-hydrogen) atoms. The number of hydrogen-bond acceptors (Lipinski definition) is 8. The average Bonchev–Trinajstić information content (AvgIpc) is 3.39. The Labute approximate surface area is 242 Å². The molecule has 212 valence electrons. The fourth-order valence-electron chi connectivity index (χ4n) is 5.17. The first-order valence-electron chi connectivity index (χ1n) is 13.0. The van der Waals surface area contributed by atoms with Crippen LogP contribution in [0.15, 0.2) is 78.9 Å². The van der Waals surface area contributed by atoms with Crippen molar-refractivity contribution in [2.24, 2.45) is 5.92 Å². The van der Waals surface area contributed by atoms with Gasteiger partial charge < -0.3 is 19.7 Å². The van der Waals surface area contributed by atoms with Gasteiger partial charge in [0.1, 0.15) is 28.9 Å². The molecular formula is C31H23FN2O7S. The molecule has 0 amide bonds. The van der Waals surface area contributed by atoms with Crippen LogP contribution in [0, 0.1) is 21.8 Å². The van der Waals surface area contributed by atoms with Gasteiger partial charge in [-0.1, -0.05) is 12.1 Å². The summed E-state index contributed by atoms with van der Waals surface area (Å²) in [7, 11) is 0. The topological polar surface area (TPSA) is 132 Å². The van der Waals surface area contributed by atoms with Crippen LogP contribution in [-0.2, 0) is 13.0 Å². The number of aliphatic hydroxyl groups excluding tert-OH is 1. The van der Waals surface area contributed by atoms with Crippen LogP contribution in [0.1, 0.15) is 32.6 Å². The van der Waals surface area contributed by atoms with Gasteiger partial charge in [-0.2, -0.15) is 0 Å². The van der Waals surface area contributed by atoms with E-state index >= 15 is 0 Å². The number of rotatable bonds is 8. The first-order valence-corrected chi connectivity index (χ1v) is 13.8. The van der Waals surface area contributed by atoms with E-state index in [-0.39, 0.29) is 30.3 Å². The van der Waals surface area contributed by atoms with Gasteiger partial charge in [-0.05, 0) is 71.6 Å². The molecule has 0 fully saturated rings. The number of ether oxygens (including phenoxy) is 2. The van der Waals surface area contributed by atoms with Crippen molar-refractivity contribution >= 4 is 33.2 Å². The number of non-ortho nitro benzene ring substituents is 1. The van der Waals surface area contributed by atoms with Crippen LogP contribution in [0.3, 0.4) is 0 Å². The number of carboxylic acids is 1. The quantitative estimate of drug-likeness (QED) is 0.154. The van der Waals surface area contributed by atoms with Gasteiger partial charge in [0.05, 0.1) is 33.4 Å². The number of aliphatic hydroxyl groups is 1. The summed E-state index contributed by atoms with van der Waals surface area (Å²) in [6.07, 6.45) is -0.637. The number of nitro benzene ring substituents is 1. The number of aromatic carboxylic acids is 1. The largest absolute Gasteiger partial charge is 0.493 e. The summed E-state index contributed by atoms with van der Waals surface area (Å²) in [5, 5.41) is 33.1. The van der Waals surface area contributed by atoms with Gasteiger partial charge in [0, 0.05) is 29.7 Å². The van der Waals surface area contributed by atoms with E-state index < -0.39 is 22.9 Å². The average molecular weight is 587 g/mol. The first-order chi connectivity index (χ1) is 20.3. The Hall–Kier alpha value is -4.87. The molecule has 2 atom stereocenters. The SMILES string of the molecule is O=C(O)c1cccc(CC2COc3ccc(OCc4nc5cc(F)ccc5s4)cc3C2O)c1-c1ccc([N+](=O)[O-])cc1. The van der Waals surface area contributed by atoms with E-state index in [1.807, 2.05) is 0 Å². The molecule has 2 N–H and O–H groups in total. The standard InChI is InChI=1S/C31H23FN2O7S/c32-20-6-11-27-25(13-20)33-28(42-27)16-40-22-9-10-26-24(14-22)30(35)19(15-41-26)12-18-2-1-3-23(31(36)37)29(18)17-4-7-21(8-5-17)34(38)39/h1-11,13-14,19,30,35H,12,15-16H2,(H,36,37). The lowest BCUT2D eigenvalue weighted by molar-refractivity contribution is -0.384. The van der Waals surface area contributed by atoms with Crippen molar-refractivity contribution in [3.05, 3.63) is 116 Å². The summed E-state index contributed by atoms with van der Waals surface area (Å²) in [5.74, 6) is -0.866. The molecule has 9 nitrogen and oxygen atoms in total. The zero-order chi connectivity index (χ0) is 29.4. The maximum atomic E-state index is 13.5. The number of benzene rings is 4. The van der Waals surface area contributed by atoms with Crippen molar-refractivity contribution in [3.8, 4) is 22.6 Å². The normalized spacial score (nSPS) is 16.0. The molecule has 6 rings (SSSR count). The summed E-state index contributed by atoms with van der Waals surface area (Å²) in [4.78, 5) is 27.1. The molecule has 0 saturated carbocycles. The Balaban J connectivity index is 1.24. The van der Waals surface area contributed by atoms with Crippen LogP contribution in [-0.4, -0.2) is 32.7 Å². The van der Waals surface area contributed by atoms with Crippen molar-refractivity contribution in [2.45, 2.75) is 19.1 Å². The van der Waals surface area contributed by atoms with Gasteiger partial charge in [0.25, 0.3) is 5.69 Å². The number of fused-ring (bicyclic) bond motifs is 2. The van der Waals surface area contributed by atoms with Gasteiger partial charge in [0.2, 0.25) is 0 Å². The van der Waals surface area contributed by atoms with Crippen LogP contribution in [0.4, 0.5) is 10.1 Å². The van der Waals surface area contributed by atoms with Crippen molar-refractivity contribution < 1.29 is 33.8 Å². The Morgan fingerprint density at radius 2 is 1.93 bits per heavy atom. The van der Waals surface area contributed by atoms with Gasteiger partial charge in [-0.25, -0.2) is 14.2 Å². The monoisotopic (exact) mass is 586 g/mol. The first kappa shape index (κ1) is 27.3. The van der Waals surface area contributed by atoms with E-state index in [9.17, 15) is 29.5 Å². The van der Waals surface area contributed by atoms with E-state index in [0.29, 0.717) is 50.7 Å². The Morgan fingerprint density at radius 1 is 1.12 bits per heavy atom. The minimum absolute atomic E-state index is 0.0567. The lowest BCUT2D eigenvalue weighted by Crippen LogP contribution is -2.28. The smallest absolute Gasteiger partial charge is 0.336 e. The highest BCUT2D eigenvalue weighted by Crippen LogP contribution is 2.41. The number of hydrogen-bond donors (Lipinski definition) is 2. The summed E-state index contributed by atoms with van der Waals surface area (Å²) < 4.78 is 26.3. The second-order valence-corrected chi connectivity index (χ2v) is 11.0. The summed E-state index contributed by atoms with van der Waals surface area (Å²) in [5.41, 5.74) is 2.69. The number of nitro groups is 1. The zero-order valence-electron chi connectivity index (χ0n) is 21.9. The number of aromatic nitrogens is 1. The third-order valence-electron chi connectivity index (χ3n) is 7.19. The van der Waals surface area contributed by atoms with E-state index in [4.69, 9.17) is 9.47 Å². The van der Waals surface area contributed by atoms with Crippen LogP contribution >= 0.6 is 11.3 Å². The fraction of sp³-hybridized carbons (Fsp3) is 0.161. The highest BCUT2D eigenvalue weighted by molar-refractivity contribution is 7.18. The second kappa shape index (κ2) is 11.2.